The fourth-order valence-corrected chi connectivity index (χ4v) is 5.49. The van der Waals surface area contributed by atoms with E-state index in [1.165, 1.54) is 5.56 Å². The van der Waals surface area contributed by atoms with Crippen molar-refractivity contribution in [1.82, 2.24) is 30.4 Å². The second-order valence-electron chi connectivity index (χ2n) is 8.57. The summed E-state index contributed by atoms with van der Waals surface area (Å²) in [6.07, 6.45) is 10.1. The van der Waals surface area contributed by atoms with Gasteiger partial charge < -0.3 is 10.3 Å². The predicted octanol–water partition coefficient (Wildman–Crippen LogP) is 2.46. The molecule has 2 saturated heterocycles. The zero-order valence-corrected chi connectivity index (χ0v) is 17.1. The van der Waals surface area contributed by atoms with Gasteiger partial charge in [0.15, 0.2) is 0 Å². The van der Waals surface area contributed by atoms with Crippen LogP contribution in [0.15, 0.2) is 55.0 Å². The Labute approximate surface area is 176 Å². The molecule has 0 radical (unpaired) electrons. The molecule has 0 unspecified atom stereocenters. The smallest absolute Gasteiger partial charge is 0.228 e. The van der Waals surface area contributed by atoms with Crippen molar-refractivity contribution in [3.63, 3.8) is 0 Å². The number of rotatable bonds is 8. The molecular formula is C23H28N6O. The highest BCUT2D eigenvalue weighted by atomic mass is 16.2. The van der Waals surface area contributed by atoms with Crippen LogP contribution in [0, 0.1) is 5.41 Å². The van der Waals surface area contributed by atoms with Gasteiger partial charge in [0.1, 0.15) is 5.82 Å². The predicted molar refractivity (Wildman–Crippen MR) is 113 cm³/mol. The summed E-state index contributed by atoms with van der Waals surface area (Å²) >= 11 is 0. The van der Waals surface area contributed by atoms with Gasteiger partial charge in [0.2, 0.25) is 5.91 Å². The maximum atomic E-state index is 13.7. The molecule has 3 N–H and O–H groups in total. The first-order valence-corrected chi connectivity index (χ1v) is 10.8. The molecule has 2 aliphatic rings. The van der Waals surface area contributed by atoms with Gasteiger partial charge in [-0.15, -0.1) is 0 Å². The van der Waals surface area contributed by atoms with Crippen LogP contribution in [0.4, 0.5) is 0 Å². The maximum Gasteiger partial charge on any atom is 0.228 e. The van der Waals surface area contributed by atoms with Crippen molar-refractivity contribution in [2.75, 3.05) is 6.54 Å². The summed E-state index contributed by atoms with van der Waals surface area (Å²) in [6.45, 7) is 1.40. The lowest BCUT2D eigenvalue weighted by atomic mass is 9.69. The Morgan fingerprint density at radius 2 is 2.10 bits per heavy atom. The molecule has 1 amide bonds. The number of hydrogen-bond donors (Lipinski definition) is 3. The fraction of sp³-hybridized carbons (Fsp3) is 0.435. The fourth-order valence-electron chi connectivity index (χ4n) is 5.49. The van der Waals surface area contributed by atoms with Gasteiger partial charge in [0.05, 0.1) is 12.0 Å². The first-order valence-electron chi connectivity index (χ1n) is 10.8. The van der Waals surface area contributed by atoms with E-state index < -0.39 is 5.41 Å². The van der Waals surface area contributed by atoms with E-state index in [2.05, 4.69) is 54.6 Å². The number of carbonyl (C=O) groups excluding carboxylic acids is 1. The zero-order chi connectivity index (χ0) is 20.4. The van der Waals surface area contributed by atoms with Crippen LogP contribution >= 0.6 is 0 Å². The molecule has 7 heteroatoms. The molecule has 30 heavy (non-hydrogen) atoms. The average molecular weight is 405 g/mol. The van der Waals surface area contributed by atoms with Crippen LogP contribution in [0.1, 0.15) is 36.3 Å². The number of aromatic nitrogens is 4. The van der Waals surface area contributed by atoms with E-state index in [1.807, 2.05) is 18.3 Å². The quantitative estimate of drug-likeness (QED) is 0.538. The van der Waals surface area contributed by atoms with Gasteiger partial charge in [-0.1, -0.05) is 30.3 Å². The van der Waals surface area contributed by atoms with Gasteiger partial charge in [0.25, 0.3) is 0 Å². The number of carbonyl (C=O) groups is 1. The van der Waals surface area contributed by atoms with Crippen molar-refractivity contribution in [3.05, 3.63) is 72.1 Å². The van der Waals surface area contributed by atoms with Gasteiger partial charge in [-0.2, -0.15) is 5.10 Å². The van der Waals surface area contributed by atoms with Gasteiger partial charge in [-0.3, -0.25) is 14.8 Å². The summed E-state index contributed by atoms with van der Waals surface area (Å²) in [5, 5.41) is 10.2. The lowest BCUT2D eigenvalue weighted by Gasteiger charge is -2.36. The summed E-state index contributed by atoms with van der Waals surface area (Å²) in [7, 11) is 0. The topological polar surface area (TPSA) is 89.7 Å². The number of H-pyrrole nitrogens is 2. The Bertz CT molecular complexity index is 955. The summed E-state index contributed by atoms with van der Waals surface area (Å²) < 4.78 is 0. The minimum Gasteiger partial charge on any atom is -0.355 e. The Kier molecular flexibility index (Phi) is 5.12. The number of benzene rings is 1. The van der Waals surface area contributed by atoms with E-state index in [9.17, 15) is 4.79 Å². The van der Waals surface area contributed by atoms with Gasteiger partial charge in [-0.05, 0) is 37.3 Å². The largest absolute Gasteiger partial charge is 0.355 e. The summed E-state index contributed by atoms with van der Waals surface area (Å²) in [6, 6.07) is 13.1. The van der Waals surface area contributed by atoms with Crippen LogP contribution in [-0.2, 0) is 24.2 Å². The van der Waals surface area contributed by atoms with E-state index in [-0.39, 0.29) is 11.9 Å². The third kappa shape index (κ3) is 3.54. The first kappa shape index (κ1) is 19.1. The summed E-state index contributed by atoms with van der Waals surface area (Å²) in [5.74, 6) is 1.16. The highest BCUT2D eigenvalue weighted by Gasteiger charge is 2.59. The van der Waals surface area contributed by atoms with Crippen LogP contribution < -0.4 is 5.32 Å². The monoisotopic (exact) mass is 404 g/mol. The van der Waals surface area contributed by atoms with Gasteiger partial charge in [-0.25, -0.2) is 4.98 Å². The third-order valence-corrected chi connectivity index (χ3v) is 6.82. The molecule has 3 atom stereocenters. The van der Waals surface area contributed by atoms with Crippen LogP contribution in [0.25, 0.3) is 0 Å². The Hall–Kier alpha value is -2.93. The van der Waals surface area contributed by atoms with Gasteiger partial charge in [0, 0.05) is 49.3 Å². The standard InChI is InChI=1S/C23H28N6O/c30-22(26-10-8-18-9-11-27-28-18)23(14-17-4-2-1-3-5-17)15-19-6-7-20(23)29(19)16-21-24-12-13-25-21/h1-5,9,11-13,19-20H,6-8,10,14-16H2,(H,24,25)(H,26,30)(H,27,28)/t19-,20+,23+/m0/s1. The molecule has 4 heterocycles. The Balaban J connectivity index is 1.37. The first-order chi connectivity index (χ1) is 14.7. The molecule has 3 aromatic rings. The van der Waals surface area contributed by atoms with E-state index in [0.717, 1.165) is 50.2 Å². The third-order valence-electron chi connectivity index (χ3n) is 6.82. The molecule has 156 valence electrons. The second kappa shape index (κ2) is 8.07. The Morgan fingerprint density at radius 1 is 1.20 bits per heavy atom. The summed E-state index contributed by atoms with van der Waals surface area (Å²) in [5.41, 5.74) is 1.87. The van der Waals surface area contributed by atoms with Crippen LogP contribution in [0.2, 0.25) is 0 Å². The van der Waals surface area contributed by atoms with Crippen molar-refractivity contribution < 1.29 is 4.79 Å². The van der Waals surface area contributed by atoms with Crippen molar-refractivity contribution in [2.24, 2.45) is 5.41 Å². The average Bonchev–Trinajstić information content (AvgIpc) is 3.56. The number of hydrogen-bond acceptors (Lipinski definition) is 4. The molecule has 5 rings (SSSR count). The van der Waals surface area contributed by atoms with Crippen LogP contribution in [0.5, 0.6) is 0 Å². The number of fused-ring (bicyclic) bond motifs is 2. The molecule has 2 aromatic heterocycles. The number of aromatic amines is 2. The minimum absolute atomic E-state index is 0.183. The summed E-state index contributed by atoms with van der Waals surface area (Å²) in [4.78, 5) is 23.8. The highest BCUT2D eigenvalue weighted by molar-refractivity contribution is 5.84. The van der Waals surface area contributed by atoms with Crippen molar-refractivity contribution in [2.45, 2.75) is 50.7 Å². The lowest BCUT2D eigenvalue weighted by molar-refractivity contribution is -0.133. The molecule has 0 saturated carbocycles. The van der Waals surface area contributed by atoms with E-state index in [4.69, 9.17) is 0 Å². The molecule has 0 spiro atoms. The lowest BCUT2D eigenvalue weighted by Crippen LogP contribution is -2.50. The molecule has 2 fully saturated rings. The highest BCUT2D eigenvalue weighted by Crippen LogP contribution is 2.52. The zero-order valence-electron chi connectivity index (χ0n) is 17.1. The van der Waals surface area contributed by atoms with Crippen molar-refractivity contribution in [3.8, 4) is 0 Å². The van der Waals surface area contributed by atoms with Crippen LogP contribution in [0.3, 0.4) is 0 Å². The van der Waals surface area contributed by atoms with E-state index in [0.29, 0.717) is 12.6 Å². The molecule has 2 aliphatic heterocycles. The molecular weight excluding hydrogens is 376 g/mol. The van der Waals surface area contributed by atoms with E-state index >= 15 is 0 Å². The van der Waals surface area contributed by atoms with Gasteiger partial charge >= 0.3 is 0 Å². The van der Waals surface area contributed by atoms with Crippen molar-refractivity contribution >= 4 is 5.91 Å². The van der Waals surface area contributed by atoms with Crippen LogP contribution in [-0.4, -0.2) is 49.6 Å². The minimum atomic E-state index is -0.398. The Morgan fingerprint density at radius 3 is 2.87 bits per heavy atom. The maximum absolute atomic E-state index is 13.7. The normalized spacial score (nSPS) is 25.6. The second-order valence-corrected chi connectivity index (χ2v) is 8.57. The number of amides is 1. The van der Waals surface area contributed by atoms with E-state index in [1.54, 1.807) is 12.4 Å². The number of nitrogens with zero attached hydrogens (tertiary/aromatic N) is 3. The molecule has 1 aromatic carbocycles. The number of nitrogens with one attached hydrogen (secondary N) is 3. The number of imidazole rings is 1. The SMILES string of the molecule is O=C(NCCc1ccn[nH]1)[C@]1(Cc2ccccc2)C[C@@H]2CC[C@H]1N2Cc1ncc[nH]1. The molecule has 2 bridgehead atoms. The molecule has 7 nitrogen and oxygen atoms in total. The van der Waals surface area contributed by atoms with Crippen molar-refractivity contribution in [1.29, 1.82) is 0 Å². The molecule has 0 aliphatic carbocycles.